The lowest BCUT2D eigenvalue weighted by Gasteiger charge is -2.24. The molecule has 0 aromatic carbocycles. The van der Waals surface area contributed by atoms with Crippen molar-refractivity contribution in [1.29, 1.82) is 0 Å². The first-order chi connectivity index (χ1) is 4.60. The number of halogens is 1. The van der Waals surface area contributed by atoms with E-state index in [1.807, 2.05) is 6.92 Å². The molecule has 0 radical (unpaired) electrons. The van der Waals surface area contributed by atoms with Crippen molar-refractivity contribution in [2.24, 2.45) is 0 Å². The van der Waals surface area contributed by atoms with Gasteiger partial charge in [-0.2, -0.15) is 0 Å². The molecule has 2 unspecified atom stereocenters. The normalized spacial score (nSPS) is 40.7. The Morgan fingerprint density at radius 2 is 2.40 bits per heavy atom. The highest BCUT2D eigenvalue weighted by atomic mass is 79.9. The second-order valence-electron chi connectivity index (χ2n) is 2.85. The smallest absolute Gasteiger partial charge is 0.149 e. The van der Waals surface area contributed by atoms with Crippen LogP contribution in [-0.2, 0) is 9.53 Å². The van der Waals surface area contributed by atoms with Gasteiger partial charge >= 0.3 is 0 Å². The van der Waals surface area contributed by atoms with Crippen LogP contribution < -0.4 is 0 Å². The quantitative estimate of drug-likeness (QED) is 0.609. The van der Waals surface area contributed by atoms with Crippen LogP contribution in [0, 0.1) is 0 Å². The number of carbonyl (C=O) groups excluding carboxylic acids is 1. The van der Waals surface area contributed by atoms with E-state index in [-0.39, 0.29) is 16.2 Å². The Hall–Kier alpha value is 0.110. The lowest BCUT2D eigenvalue weighted by molar-refractivity contribution is -0.118. The summed E-state index contributed by atoms with van der Waals surface area (Å²) in [5.41, 5.74) is -0.267. The Kier molecular flexibility index (Phi) is 2.15. The molecule has 0 bridgehead atoms. The van der Waals surface area contributed by atoms with Crippen LogP contribution in [0.2, 0.25) is 0 Å². The van der Waals surface area contributed by atoms with E-state index in [1.54, 1.807) is 7.11 Å². The van der Waals surface area contributed by atoms with Gasteiger partial charge in [0.05, 0.1) is 5.60 Å². The Bertz CT molecular complexity index is 158. The molecule has 0 spiro atoms. The van der Waals surface area contributed by atoms with Crippen molar-refractivity contribution in [2.45, 2.75) is 30.2 Å². The average Bonchev–Trinajstić information content (AvgIpc) is 2.19. The summed E-state index contributed by atoms with van der Waals surface area (Å²) >= 11 is 3.31. The third kappa shape index (κ3) is 1.12. The van der Waals surface area contributed by atoms with E-state index >= 15 is 0 Å². The topological polar surface area (TPSA) is 26.3 Å². The number of rotatable bonds is 1. The second kappa shape index (κ2) is 2.62. The molecule has 58 valence electrons. The molecule has 1 rings (SSSR count). The largest absolute Gasteiger partial charge is 0.377 e. The minimum Gasteiger partial charge on any atom is -0.377 e. The monoisotopic (exact) mass is 206 g/mol. The number of Topliss-reactive ketones (excluding diaryl/α,β-unsaturated/α-hetero) is 1. The molecule has 3 heteroatoms. The first-order valence-corrected chi connectivity index (χ1v) is 4.23. The van der Waals surface area contributed by atoms with E-state index in [2.05, 4.69) is 15.9 Å². The fraction of sp³-hybridized carbons (Fsp3) is 0.857. The predicted molar refractivity (Wildman–Crippen MR) is 42.4 cm³/mol. The Balaban J connectivity index is 2.73. The van der Waals surface area contributed by atoms with Crippen molar-refractivity contribution in [3.8, 4) is 0 Å². The van der Waals surface area contributed by atoms with E-state index in [0.717, 1.165) is 6.42 Å². The molecule has 0 aliphatic heterocycles. The summed E-state index contributed by atoms with van der Waals surface area (Å²) in [6.07, 6.45) is 1.47. The standard InChI is InChI=1S/C7H11BrO2/c1-7(10-2)4-3-5(9)6(7)8/h6H,3-4H2,1-2H3. The maximum atomic E-state index is 11.0. The van der Waals surface area contributed by atoms with Gasteiger partial charge in [-0.15, -0.1) is 0 Å². The third-order valence-corrected chi connectivity index (χ3v) is 3.63. The van der Waals surface area contributed by atoms with Crippen molar-refractivity contribution in [1.82, 2.24) is 0 Å². The molecule has 2 nitrogen and oxygen atoms in total. The van der Waals surface area contributed by atoms with Gasteiger partial charge in [-0.3, -0.25) is 4.79 Å². The zero-order valence-electron chi connectivity index (χ0n) is 6.19. The number of ether oxygens (including phenoxy) is 1. The fourth-order valence-corrected chi connectivity index (χ4v) is 1.82. The van der Waals surface area contributed by atoms with Gasteiger partial charge in [0.25, 0.3) is 0 Å². The summed E-state index contributed by atoms with van der Waals surface area (Å²) in [5, 5.41) is 0. The van der Waals surface area contributed by atoms with Crippen molar-refractivity contribution < 1.29 is 9.53 Å². The molecule has 1 aliphatic rings. The SMILES string of the molecule is COC1(C)CCC(=O)C1Br. The van der Waals surface area contributed by atoms with Crippen molar-refractivity contribution >= 4 is 21.7 Å². The molecule has 0 aromatic rings. The second-order valence-corrected chi connectivity index (χ2v) is 3.76. The van der Waals surface area contributed by atoms with Gasteiger partial charge in [-0.05, 0) is 13.3 Å². The molecule has 0 aromatic heterocycles. The summed E-state index contributed by atoms with van der Waals surface area (Å²) < 4.78 is 5.21. The zero-order chi connectivity index (χ0) is 7.78. The summed E-state index contributed by atoms with van der Waals surface area (Å²) in [6.45, 7) is 1.96. The van der Waals surface area contributed by atoms with Crippen LogP contribution in [0.1, 0.15) is 19.8 Å². The van der Waals surface area contributed by atoms with Crippen molar-refractivity contribution in [2.75, 3.05) is 7.11 Å². The zero-order valence-corrected chi connectivity index (χ0v) is 7.77. The van der Waals surface area contributed by atoms with Crippen LogP contribution in [-0.4, -0.2) is 23.3 Å². The molecular weight excluding hydrogens is 196 g/mol. The molecule has 0 N–H and O–H groups in total. The predicted octanol–water partition coefficient (Wildman–Crippen LogP) is 1.52. The summed E-state index contributed by atoms with van der Waals surface area (Å²) in [6, 6.07) is 0. The van der Waals surface area contributed by atoms with E-state index < -0.39 is 0 Å². The van der Waals surface area contributed by atoms with Gasteiger partial charge in [0.15, 0.2) is 0 Å². The van der Waals surface area contributed by atoms with Crippen LogP contribution in [0.4, 0.5) is 0 Å². The van der Waals surface area contributed by atoms with E-state index in [0.29, 0.717) is 6.42 Å². The average molecular weight is 207 g/mol. The molecule has 1 aliphatic carbocycles. The molecule has 2 atom stereocenters. The molecule has 0 saturated heterocycles. The Morgan fingerprint density at radius 3 is 2.60 bits per heavy atom. The maximum Gasteiger partial charge on any atom is 0.149 e. The fourth-order valence-electron chi connectivity index (χ4n) is 1.17. The van der Waals surface area contributed by atoms with Crippen LogP contribution in [0.3, 0.4) is 0 Å². The molecule has 10 heavy (non-hydrogen) atoms. The van der Waals surface area contributed by atoms with Crippen LogP contribution in [0.15, 0.2) is 0 Å². The molecule has 0 heterocycles. The summed E-state index contributed by atoms with van der Waals surface area (Å²) in [7, 11) is 1.65. The number of hydrogen-bond acceptors (Lipinski definition) is 2. The third-order valence-electron chi connectivity index (χ3n) is 2.15. The lowest BCUT2D eigenvalue weighted by atomic mass is 10.1. The van der Waals surface area contributed by atoms with Gasteiger partial charge < -0.3 is 4.74 Å². The first kappa shape index (κ1) is 8.21. The first-order valence-electron chi connectivity index (χ1n) is 3.32. The highest BCUT2D eigenvalue weighted by Gasteiger charge is 2.43. The lowest BCUT2D eigenvalue weighted by Crippen LogP contribution is -2.34. The van der Waals surface area contributed by atoms with E-state index in [4.69, 9.17) is 4.74 Å². The highest BCUT2D eigenvalue weighted by Crippen LogP contribution is 2.34. The minimum absolute atomic E-state index is 0.106. The maximum absolute atomic E-state index is 11.0. The Labute approximate surface area is 69.1 Å². The van der Waals surface area contributed by atoms with Gasteiger partial charge in [0.2, 0.25) is 0 Å². The minimum atomic E-state index is -0.267. The van der Waals surface area contributed by atoms with Crippen LogP contribution >= 0.6 is 15.9 Å². The number of carbonyl (C=O) groups is 1. The summed E-state index contributed by atoms with van der Waals surface area (Å²) in [5.74, 6) is 0.254. The molecule has 1 fully saturated rings. The molecular formula is C7H11BrO2. The number of hydrogen-bond donors (Lipinski definition) is 0. The van der Waals surface area contributed by atoms with Crippen LogP contribution in [0.25, 0.3) is 0 Å². The van der Waals surface area contributed by atoms with Crippen molar-refractivity contribution in [3.63, 3.8) is 0 Å². The van der Waals surface area contributed by atoms with E-state index in [9.17, 15) is 4.79 Å². The van der Waals surface area contributed by atoms with Crippen LogP contribution in [0.5, 0.6) is 0 Å². The van der Waals surface area contributed by atoms with Gasteiger partial charge in [-0.1, -0.05) is 15.9 Å². The van der Waals surface area contributed by atoms with Crippen molar-refractivity contribution in [3.05, 3.63) is 0 Å². The molecule has 1 saturated carbocycles. The van der Waals surface area contributed by atoms with E-state index in [1.165, 1.54) is 0 Å². The van der Waals surface area contributed by atoms with Gasteiger partial charge in [-0.25, -0.2) is 0 Å². The number of ketones is 1. The summed E-state index contributed by atoms with van der Waals surface area (Å²) in [4.78, 5) is 10.9. The highest BCUT2D eigenvalue weighted by molar-refractivity contribution is 9.10. The number of methoxy groups -OCH3 is 1. The molecule has 0 amide bonds. The number of alkyl halides is 1. The van der Waals surface area contributed by atoms with Gasteiger partial charge in [0.1, 0.15) is 10.6 Å². The Morgan fingerprint density at radius 1 is 1.80 bits per heavy atom. The van der Waals surface area contributed by atoms with Gasteiger partial charge in [0, 0.05) is 13.5 Å².